The molecule has 1 atom stereocenters. The van der Waals surface area contributed by atoms with Gasteiger partial charge >= 0.3 is 5.97 Å². The summed E-state index contributed by atoms with van der Waals surface area (Å²) in [5.74, 6) is -1.86. The van der Waals surface area contributed by atoms with Crippen molar-refractivity contribution in [2.45, 2.75) is 26.4 Å². The second-order valence-electron chi connectivity index (χ2n) is 6.90. The summed E-state index contributed by atoms with van der Waals surface area (Å²) in [7, 11) is 1.54. The van der Waals surface area contributed by atoms with E-state index in [9.17, 15) is 18.8 Å². The van der Waals surface area contributed by atoms with Crippen LogP contribution in [0, 0.1) is 11.7 Å². The van der Waals surface area contributed by atoms with Gasteiger partial charge in [0.05, 0.1) is 7.11 Å². The number of amides is 2. The maximum atomic E-state index is 13.0. The van der Waals surface area contributed by atoms with E-state index in [4.69, 9.17) is 9.47 Å². The molecule has 2 amide bonds. The second kappa shape index (κ2) is 10.9. The van der Waals surface area contributed by atoms with Crippen LogP contribution in [-0.4, -0.2) is 37.5 Å². The highest BCUT2D eigenvalue weighted by molar-refractivity contribution is 5.97. The maximum Gasteiger partial charge on any atom is 0.329 e. The van der Waals surface area contributed by atoms with E-state index in [-0.39, 0.29) is 18.0 Å². The molecule has 2 rings (SSSR count). The first-order valence-corrected chi connectivity index (χ1v) is 9.43. The van der Waals surface area contributed by atoms with Gasteiger partial charge in [0.2, 0.25) is 0 Å². The van der Waals surface area contributed by atoms with Crippen molar-refractivity contribution in [2.24, 2.45) is 5.92 Å². The molecule has 0 saturated heterocycles. The average Bonchev–Trinajstić information content (AvgIpc) is 2.74. The van der Waals surface area contributed by atoms with Gasteiger partial charge in [0, 0.05) is 17.7 Å². The molecule has 0 heterocycles. The van der Waals surface area contributed by atoms with Gasteiger partial charge in [0.25, 0.3) is 11.8 Å². The van der Waals surface area contributed by atoms with E-state index in [1.165, 1.54) is 19.2 Å². The molecule has 0 aliphatic carbocycles. The third kappa shape index (κ3) is 6.58. The van der Waals surface area contributed by atoms with Crippen molar-refractivity contribution >= 4 is 17.8 Å². The highest BCUT2D eigenvalue weighted by Gasteiger charge is 2.26. The predicted octanol–water partition coefficient (Wildman–Crippen LogP) is 2.45. The minimum Gasteiger partial charge on any atom is -0.496 e. The molecule has 2 aromatic carbocycles. The van der Waals surface area contributed by atoms with Crippen LogP contribution >= 0.6 is 0 Å². The highest BCUT2D eigenvalue weighted by Crippen LogP contribution is 2.16. The summed E-state index contributed by atoms with van der Waals surface area (Å²) in [5.41, 5.74) is 0.996. The normalized spacial score (nSPS) is 11.5. The fraction of sp³-hybridized carbons (Fsp3) is 0.318. The van der Waals surface area contributed by atoms with Gasteiger partial charge < -0.3 is 20.1 Å². The fourth-order valence-corrected chi connectivity index (χ4v) is 2.64. The summed E-state index contributed by atoms with van der Waals surface area (Å²) < 4.78 is 23.3. The van der Waals surface area contributed by atoms with E-state index in [0.717, 1.165) is 17.7 Å². The molecule has 0 aliphatic heterocycles. The molecule has 2 N–H and O–H groups in total. The number of benzene rings is 2. The van der Waals surface area contributed by atoms with Crippen LogP contribution in [0.25, 0.3) is 0 Å². The van der Waals surface area contributed by atoms with Crippen molar-refractivity contribution in [1.82, 2.24) is 10.6 Å². The molecule has 0 fully saturated rings. The van der Waals surface area contributed by atoms with Gasteiger partial charge in [-0.25, -0.2) is 9.18 Å². The van der Waals surface area contributed by atoms with Crippen LogP contribution < -0.4 is 15.4 Å². The largest absolute Gasteiger partial charge is 0.496 e. The fourth-order valence-electron chi connectivity index (χ4n) is 2.64. The minimum absolute atomic E-state index is 0.212. The summed E-state index contributed by atoms with van der Waals surface area (Å²) in [6.07, 6.45) is 0. The van der Waals surface area contributed by atoms with Crippen LogP contribution in [0.5, 0.6) is 5.75 Å². The lowest BCUT2D eigenvalue weighted by atomic mass is 10.0. The van der Waals surface area contributed by atoms with Crippen LogP contribution in [0.2, 0.25) is 0 Å². The number of hydrogen-bond acceptors (Lipinski definition) is 5. The van der Waals surface area contributed by atoms with Crippen molar-refractivity contribution in [3.63, 3.8) is 0 Å². The van der Waals surface area contributed by atoms with Crippen molar-refractivity contribution in [1.29, 1.82) is 0 Å². The van der Waals surface area contributed by atoms with Crippen LogP contribution in [-0.2, 0) is 20.9 Å². The maximum absolute atomic E-state index is 13.0. The molecule has 160 valence electrons. The number of carbonyl (C=O) groups excluding carboxylic acids is 3. The molecule has 2 aromatic rings. The highest BCUT2D eigenvalue weighted by atomic mass is 19.1. The minimum atomic E-state index is -0.954. The molecule has 0 aromatic heterocycles. The Hall–Kier alpha value is -3.42. The SMILES string of the molecule is COc1ccccc1CNC(=O)COC(=O)[C@@H](NC(=O)c1ccc(F)cc1)C(C)C. The van der Waals surface area contributed by atoms with Crippen molar-refractivity contribution in [2.75, 3.05) is 13.7 Å². The summed E-state index contributed by atoms with van der Waals surface area (Å²) in [5, 5.41) is 5.21. The number of rotatable bonds is 9. The zero-order chi connectivity index (χ0) is 22.1. The number of nitrogens with one attached hydrogen (secondary N) is 2. The Bertz CT molecular complexity index is 883. The summed E-state index contributed by atoms with van der Waals surface area (Å²) in [6, 6.07) is 11.2. The van der Waals surface area contributed by atoms with E-state index in [0.29, 0.717) is 5.75 Å². The molecule has 0 aliphatic rings. The summed E-state index contributed by atoms with van der Waals surface area (Å²) >= 11 is 0. The number of ether oxygens (including phenoxy) is 2. The van der Waals surface area contributed by atoms with Gasteiger partial charge in [-0.3, -0.25) is 9.59 Å². The van der Waals surface area contributed by atoms with E-state index >= 15 is 0 Å². The van der Waals surface area contributed by atoms with Crippen LogP contribution in [0.3, 0.4) is 0 Å². The van der Waals surface area contributed by atoms with E-state index in [2.05, 4.69) is 10.6 Å². The number of hydrogen-bond donors (Lipinski definition) is 2. The zero-order valence-corrected chi connectivity index (χ0v) is 17.1. The quantitative estimate of drug-likeness (QED) is 0.613. The monoisotopic (exact) mass is 416 g/mol. The van der Waals surface area contributed by atoms with Crippen LogP contribution in [0.1, 0.15) is 29.8 Å². The average molecular weight is 416 g/mol. The lowest BCUT2D eigenvalue weighted by Crippen LogP contribution is -2.46. The van der Waals surface area contributed by atoms with Crippen molar-refractivity contribution in [3.05, 3.63) is 65.5 Å². The van der Waals surface area contributed by atoms with E-state index in [1.54, 1.807) is 19.9 Å². The Balaban J connectivity index is 1.87. The predicted molar refractivity (Wildman–Crippen MR) is 108 cm³/mol. The molecule has 0 bridgehead atoms. The third-order valence-electron chi connectivity index (χ3n) is 4.33. The van der Waals surface area contributed by atoms with Crippen LogP contribution in [0.15, 0.2) is 48.5 Å². The van der Waals surface area contributed by atoms with E-state index < -0.39 is 36.2 Å². The molecule has 0 spiro atoms. The molecular weight excluding hydrogens is 391 g/mol. The third-order valence-corrected chi connectivity index (χ3v) is 4.33. The lowest BCUT2D eigenvalue weighted by Gasteiger charge is -2.20. The molecule has 0 saturated carbocycles. The van der Waals surface area contributed by atoms with Gasteiger partial charge in [-0.2, -0.15) is 0 Å². The number of methoxy groups -OCH3 is 1. The van der Waals surface area contributed by atoms with Gasteiger partial charge in [-0.1, -0.05) is 32.0 Å². The van der Waals surface area contributed by atoms with Crippen molar-refractivity contribution < 1.29 is 28.2 Å². The summed E-state index contributed by atoms with van der Waals surface area (Å²) in [4.78, 5) is 36.7. The van der Waals surface area contributed by atoms with Gasteiger partial charge in [-0.15, -0.1) is 0 Å². The number of halogens is 1. The Kier molecular flexibility index (Phi) is 8.34. The Morgan fingerprint density at radius 2 is 1.70 bits per heavy atom. The molecule has 0 radical (unpaired) electrons. The summed E-state index contributed by atoms with van der Waals surface area (Å²) in [6.45, 7) is 3.20. The smallest absolute Gasteiger partial charge is 0.329 e. The molecule has 30 heavy (non-hydrogen) atoms. The number of para-hydroxylation sites is 1. The number of carbonyl (C=O) groups is 3. The van der Waals surface area contributed by atoms with Gasteiger partial charge in [-0.05, 0) is 36.2 Å². The number of esters is 1. The molecule has 7 nitrogen and oxygen atoms in total. The van der Waals surface area contributed by atoms with Gasteiger partial charge in [0.15, 0.2) is 6.61 Å². The second-order valence-corrected chi connectivity index (χ2v) is 6.90. The van der Waals surface area contributed by atoms with Crippen LogP contribution in [0.4, 0.5) is 4.39 Å². The Morgan fingerprint density at radius 1 is 1.03 bits per heavy atom. The molecule has 0 unspecified atom stereocenters. The zero-order valence-electron chi connectivity index (χ0n) is 17.1. The Labute approximate surface area is 174 Å². The first kappa shape index (κ1) is 22.9. The first-order chi connectivity index (χ1) is 14.3. The standard InChI is InChI=1S/C22H25FN2O5/c1-14(2)20(25-21(27)15-8-10-17(23)11-9-15)22(28)30-13-19(26)24-12-16-6-4-5-7-18(16)29-3/h4-11,14,20H,12-13H2,1-3H3,(H,24,26)(H,25,27)/t20-/m0/s1. The molecular formula is C22H25FN2O5. The lowest BCUT2D eigenvalue weighted by molar-refractivity contribution is -0.151. The topological polar surface area (TPSA) is 93.7 Å². The van der Waals surface area contributed by atoms with Gasteiger partial charge in [0.1, 0.15) is 17.6 Å². The first-order valence-electron chi connectivity index (χ1n) is 9.43. The Morgan fingerprint density at radius 3 is 2.33 bits per heavy atom. The molecule has 8 heteroatoms. The van der Waals surface area contributed by atoms with Crippen molar-refractivity contribution in [3.8, 4) is 5.75 Å². The van der Waals surface area contributed by atoms with E-state index in [1.807, 2.05) is 18.2 Å².